The van der Waals surface area contributed by atoms with Crippen LogP contribution in [0.5, 0.6) is 0 Å². The normalized spacial score (nSPS) is 11.4. The van der Waals surface area contributed by atoms with Crippen molar-refractivity contribution in [3.05, 3.63) is 10.0 Å². The summed E-state index contributed by atoms with van der Waals surface area (Å²) in [4.78, 5) is 15.8. The van der Waals surface area contributed by atoms with E-state index >= 15 is 0 Å². The van der Waals surface area contributed by atoms with Crippen LogP contribution in [0.25, 0.3) is 0 Å². The molecule has 0 aliphatic rings. The van der Waals surface area contributed by atoms with Crippen molar-refractivity contribution in [3.63, 3.8) is 0 Å². The predicted molar refractivity (Wildman–Crippen MR) is 71.0 cm³/mol. The largest absolute Gasteiger partial charge is 0.465 e. The molecule has 0 atom stereocenters. The second-order valence-electron chi connectivity index (χ2n) is 4.50. The second kappa shape index (κ2) is 5.69. The van der Waals surface area contributed by atoms with Crippen molar-refractivity contribution < 1.29 is 9.53 Å². The zero-order valence-corrected chi connectivity index (χ0v) is 12.0. The fraction of sp³-hybridized carbons (Fsp3) is 0.636. The smallest absolute Gasteiger partial charge is 0.351 e. The summed E-state index contributed by atoms with van der Waals surface area (Å²) in [6, 6.07) is 0. The van der Waals surface area contributed by atoms with Crippen LogP contribution in [0.3, 0.4) is 0 Å². The van der Waals surface area contributed by atoms with Gasteiger partial charge in [-0.2, -0.15) is 0 Å². The van der Waals surface area contributed by atoms with Crippen molar-refractivity contribution >= 4 is 34.0 Å². The predicted octanol–water partition coefficient (Wildman–Crippen LogP) is 3.43. The number of carbonyl (C=O) groups excluding carboxylic acids is 1. The first-order valence-electron chi connectivity index (χ1n) is 5.38. The lowest BCUT2D eigenvalue weighted by Gasteiger charge is -2.22. The van der Waals surface area contributed by atoms with Gasteiger partial charge in [0.15, 0.2) is 15.2 Å². The molecule has 0 radical (unpaired) electrons. The molecule has 0 unspecified atom stereocenters. The van der Waals surface area contributed by atoms with Crippen LogP contribution in [-0.4, -0.2) is 24.6 Å². The highest BCUT2D eigenvalue weighted by atomic mass is 35.5. The number of nitrogens with one attached hydrogen (secondary N) is 1. The number of anilines is 1. The second-order valence-corrected chi connectivity index (χ2v) is 5.86. The third-order valence-electron chi connectivity index (χ3n) is 2.63. The maximum Gasteiger partial charge on any atom is 0.351 e. The van der Waals surface area contributed by atoms with Gasteiger partial charge in [-0.25, -0.2) is 9.78 Å². The summed E-state index contributed by atoms with van der Waals surface area (Å²) in [5.74, 6) is -0.449. The number of hydrogen-bond donors (Lipinski definition) is 1. The fourth-order valence-corrected chi connectivity index (χ4v) is 2.13. The Morgan fingerprint density at radius 3 is 2.76 bits per heavy atom. The molecule has 4 nitrogen and oxygen atoms in total. The summed E-state index contributed by atoms with van der Waals surface area (Å²) >= 11 is 7.08. The lowest BCUT2D eigenvalue weighted by Crippen LogP contribution is -2.21. The van der Waals surface area contributed by atoms with Gasteiger partial charge in [0, 0.05) is 6.54 Å². The van der Waals surface area contributed by atoms with E-state index < -0.39 is 5.97 Å². The third-order valence-corrected chi connectivity index (χ3v) is 4.01. The first-order chi connectivity index (χ1) is 7.89. The van der Waals surface area contributed by atoms with Crippen molar-refractivity contribution in [1.82, 2.24) is 4.98 Å². The Morgan fingerprint density at radius 2 is 2.24 bits per heavy atom. The summed E-state index contributed by atoms with van der Waals surface area (Å²) in [6.07, 6.45) is 1.06. The fourth-order valence-electron chi connectivity index (χ4n) is 1.04. The quantitative estimate of drug-likeness (QED) is 0.837. The average Bonchev–Trinajstić information content (AvgIpc) is 2.67. The van der Waals surface area contributed by atoms with Crippen LogP contribution < -0.4 is 5.32 Å². The Morgan fingerprint density at radius 1 is 1.59 bits per heavy atom. The third kappa shape index (κ3) is 3.85. The van der Waals surface area contributed by atoms with Crippen molar-refractivity contribution in [1.29, 1.82) is 0 Å². The molecule has 0 spiro atoms. The molecule has 1 rings (SSSR count). The van der Waals surface area contributed by atoms with Gasteiger partial charge in [0.2, 0.25) is 0 Å². The molecule has 0 fully saturated rings. The van der Waals surface area contributed by atoms with E-state index in [-0.39, 0.29) is 10.6 Å². The maximum absolute atomic E-state index is 11.3. The number of ether oxygens (including phenoxy) is 1. The van der Waals surface area contributed by atoms with E-state index in [1.807, 2.05) is 0 Å². The number of methoxy groups -OCH3 is 1. The van der Waals surface area contributed by atoms with E-state index in [4.69, 9.17) is 11.6 Å². The number of thiazole rings is 1. The van der Waals surface area contributed by atoms with Crippen molar-refractivity contribution in [3.8, 4) is 0 Å². The van der Waals surface area contributed by atoms with Crippen LogP contribution in [0.4, 0.5) is 5.13 Å². The van der Waals surface area contributed by atoms with Gasteiger partial charge in [-0.15, -0.1) is 0 Å². The lowest BCUT2D eigenvalue weighted by molar-refractivity contribution is 0.0606. The molecule has 6 heteroatoms. The molecular weight excluding hydrogens is 260 g/mol. The number of rotatable bonds is 5. The minimum atomic E-state index is -0.449. The highest BCUT2D eigenvalue weighted by Gasteiger charge is 2.19. The molecule has 1 aromatic heterocycles. The standard InChI is InChI=1S/C11H17ClN2O2S/c1-5-11(2,3)6-13-10-14-8(12)7(17-10)9(15)16-4/h5-6H2,1-4H3,(H,13,14). The number of hydrogen-bond acceptors (Lipinski definition) is 5. The number of nitrogens with zero attached hydrogens (tertiary/aromatic N) is 1. The van der Waals surface area contributed by atoms with Crippen LogP contribution >= 0.6 is 22.9 Å². The molecule has 0 aromatic carbocycles. The minimum Gasteiger partial charge on any atom is -0.465 e. The molecule has 0 saturated carbocycles. The Balaban J connectivity index is 2.71. The van der Waals surface area contributed by atoms with Gasteiger partial charge >= 0.3 is 5.97 Å². The van der Waals surface area contributed by atoms with Crippen LogP contribution in [0.1, 0.15) is 36.9 Å². The minimum absolute atomic E-state index is 0.184. The Hall–Kier alpha value is -0.810. The summed E-state index contributed by atoms with van der Waals surface area (Å²) < 4.78 is 4.62. The Bertz CT molecular complexity index is 404. The summed E-state index contributed by atoms with van der Waals surface area (Å²) in [5, 5.41) is 4.03. The molecule has 1 heterocycles. The van der Waals surface area contributed by atoms with E-state index in [1.54, 1.807) is 0 Å². The summed E-state index contributed by atoms with van der Waals surface area (Å²) in [5.41, 5.74) is 0.184. The molecule has 1 aromatic rings. The SMILES string of the molecule is CCC(C)(C)CNc1nc(Cl)c(C(=O)OC)s1. The summed E-state index contributed by atoms with van der Waals surface area (Å²) in [7, 11) is 1.33. The molecule has 0 aliphatic heterocycles. The molecule has 0 bridgehead atoms. The number of esters is 1. The Labute approximate surface area is 110 Å². The van der Waals surface area contributed by atoms with Crippen LogP contribution in [0.15, 0.2) is 0 Å². The van der Waals surface area contributed by atoms with Gasteiger partial charge in [-0.3, -0.25) is 0 Å². The molecular formula is C11H17ClN2O2S. The first-order valence-corrected chi connectivity index (χ1v) is 6.57. The Kier molecular flexibility index (Phi) is 4.77. The zero-order valence-electron chi connectivity index (χ0n) is 10.5. The molecule has 0 saturated heterocycles. The van der Waals surface area contributed by atoms with Crippen LogP contribution in [0, 0.1) is 5.41 Å². The summed E-state index contributed by atoms with van der Waals surface area (Å²) in [6.45, 7) is 7.25. The van der Waals surface area contributed by atoms with Crippen molar-refractivity contribution in [2.45, 2.75) is 27.2 Å². The highest BCUT2D eigenvalue weighted by Crippen LogP contribution is 2.29. The van der Waals surface area contributed by atoms with Crippen molar-refractivity contribution in [2.75, 3.05) is 19.0 Å². The highest BCUT2D eigenvalue weighted by molar-refractivity contribution is 7.18. The maximum atomic E-state index is 11.3. The first kappa shape index (κ1) is 14.3. The van der Waals surface area contributed by atoms with Gasteiger partial charge < -0.3 is 10.1 Å². The van der Waals surface area contributed by atoms with E-state index in [2.05, 4.69) is 35.8 Å². The lowest BCUT2D eigenvalue weighted by atomic mass is 9.90. The van der Waals surface area contributed by atoms with Gasteiger partial charge in [0.05, 0.1) is 7.11 Å². The molecule has 1 N–H and O–H groups in total. The number of carbonyl (C=O) groups is 1. The van der Waals surface area contributed by atoms with Gasteiger partial charge in [-0.05, 0) is 11.8 Å². The van der Waals surface area contributed by atoms with E-state index in [9.17, 15) is 4.79 Å². The van der Waals surface area contributed by atoms with Gasteiger partial charge in [0.1, 0.15) is 0 Å². The molecule has 0 amide bonds. The van der Waals surface area contributed by atoms with Gasteiger partial charge in [-0.1, -0.05) is 43.7 Å². The molecule has 96 valence electrons. The van der Waals surface area contributed by atoms with Crippen molar-refractivity contribution in [2.24, 2.45) is 5.41 Å². The number of halogens is 1. The molecule has 0 aliphatic carbocycles. The number of aromatic nitrogens is 1. The van der Waals surface area contributed by atoms with E-state index in [0.29, 0.717) is 10.0 Å². The van der Waals surface area contributed by atoms with E-state index in [0.717, 1.165) is 13.0 Å². The average molecular weight is 277 g/mol. The van der Waals surface area contributed by atoms with Crippen LogP contribution in [0.2, 0.25) is 5.15 Å². The molecule has 17 heavy (non-hydrogen) atoms. The van der Waals surface area contributed by atoms with E-state index in [1.165, 1.54) is 18.4 Å². The topological polar surface area (TPSA) is 51.2 Å². The zero-order chi connectivity index (χ0) is 13.1. The monoisotopic (exact) mass is 276 g/mol. The van der Waals surface area contributed by atoms with Gasteiger partial charge in [0.25, 0.3) is 0 Å². The van der Waals surface area contributed by atoms with Crippen LogP contribution in [-0.2, 0) is 4.74 Å².